The number of carbonyl (C=O) groups excluding carboxylic acids is 1. The summed E-state index contributed by atoms with van der Waals surface area (Å²) >= 11 is 1.11. The molecule has 1 amide bonds. The van der Waals surface area contributed by atoms with Crippen LogP contribution in [0.4, 0.5) is 5.69 Å². The van der Waals surface area contributed by atoms with Crippen LogP contribution >= 0.6 is 11.3 Å². The number of sulfonamides is 1. The summed E-state index contributed by atoms with van der Waals surface area (Å²) in [6.45, 7) is 1.03. The van der Waals surface area contributed by atoms with Gasteiger partial charge < -0.3 is 9.88 Å². The second kappa shape index (κ2) is 7.74. The van der Waals surface area contributed by atoms with Crippen LogP contribution in [-0.4, -0.2) is 36.3 Å². The van der Waals surface area contributed by atoms with Crippen LogP contribution in [0, 0.1) is 0 Å². The van der Waals surface area contributed by atoms with E-state index in [1.165, 1.54) is 16.4 Å². The van der Waals surface area contributed by atoms with Crippen molar-refractivity contribution in [3.63, 3.8) is 0 Å². The second-order valence-electron chi connectivity index (χ2n) is 7.06. The normalized spacial score (nSPS) is 15.5. The second-order valence-corrected chi connectivity index (χ2v) is 9.99. The maximum Gasteiger partial charge on any atom is 0.307 e. The number of piperidine rings is 1. The molecule has 0 bridgehead atoms. The third-order valence-corrected chi connectivity index (χ3v) is 7.99. The molecule has 3 aromatic rings. The maximum absolute atomic E-state index is 12.9. The number of hydrogen-bond acceptors (Lipinski definition) is 5. The molecule has 0 aliphatic carbocycles. The van der Waals surface area contributed by atoms with Gasteiger partial charge in [0.2, 0.25) is 10.0 Å². The lowest BCUT2D eigenvalue weighted by Crippen LogP contribution is -2.35. The third kappa shape index (κ3) is 3.85. The highest BCUT2D eigenvalue weighted by atomic mass is 32.2. The highest BCUT2D eigenvalue weighted by molar-refractivity contribution is 7.89. The van der Waals surface area contributed by atoms with Gasteiger partial charge in [-0.25, -0.2) is 8.42 Å². The van der Waals surface area contributed by atoms with Gasteiger partial charge in [-0.2, -0.15) is 4.31 Å². The fourth-order valence-electron chi connectivity index (χ4n) is 3.47. The van der Waals surface area contributed by atoms with E-state index in [1.54, 1.807) is 41.9 Å². The van der Waals surface area contributed by atoms with Gasteiger partial charge in [-0.15, -0.1) is 0 Å². The summed E-state index contributed by atoms with van der Waals surface area (Å²) in [5, 5.41) is 2.79. The van der Waals surface area contributed by atoms with E-state index in [2.05, 4.69) is 5.32 Å². The number of nitrogens with one attached hydrogen (secondary N) is 1. The summed E-state index contributed by atoms with van der Waals surface area (Å²) in [5.41, 5.74) is 1.62. The van der Waals surface area contributed by atoms with Crippen LogP contribution in [0.1, 0.15) is 29.6 Å². The molecular formula is C20H21N3O4S2. The van der Waals surface area contributed by atoms with Crippen LogP contribution in [0.2, 0.25) is 0 Å². The van der Waals surface area contributed by atoms with Crippen molar-refractivity contribution < 1.29 is 13.2 Å². The molecule has 152 valence electrons. The predicted octanol–water partition coefficient (Wildman–Crippen LogP) is 3.03. The molecule has 4 rings (SSSR count). The molecule has 1 N–H and O–H groups in total. The molecule has 0 unspecified atom stereocenters. The highest BCUT2D eigenvalue weighted by Gasteiger charge is 2.26. The molecule has 1 aliphatic heterocycles. The monoisotopic (exact) mass is 431 g/mol. The van der Waals surface area contributed by atoms with Gasteiger partial charge in [-0.1, -0.05) is 23.8 Å². The van der Waals surface area contributed by atoms with Gasteiger partial charge in [0.25, 0.3) is 5.91 Å². The fourth-order valence-corrected chi connectivity index (χ4v) is 5.95. The number of thiazole rings is 1. The molecule has 7 nitrogen and oxygen atoms in total. The summed E-state index contributed by atoms with van der Waals surface area (Å²) in [5.74, 6) is -0.400. The van der Waals surface area contributed by atoms with E-state index in [4.69, 9.17) is 0 Å². The summed E-state index contributed by atoms with van der Waals surface area (Å²) in [7, 11) is -1.90. The summed E-state index contributed by atoms with van der Waals surface area (Å²) in [6, 6.07) is 11.4. The van der Waals surface area contributed by atoms with Gasteiger partial charge in [-0.05, 0) is 49.2 Å². The number of benzene rings is 2. The number of carbonyl (C=O) groups is 1. The Labute approximate surface area is 172 Å². The minimum Gasteiger partial charge on any atom is -0.322 e. The predicted molar refractivity (Wildman–Crippen MR) is 114 cm³/mol. The minimum absolute atomic E-state index is 0.0703. The molecule has 0 spiro atoms. The SMILES string of the molecule is Cn1c(=O)sc2cc(NC(=O)c3cccc(S(=O)(=O)N4CCCCC4)c3)ccc21. The Bertz CT molecular complexity index is 1240. The quantitative estimate of drug-likeness (QED) is 0.688. The van der Waals surface area contributed by atoms with Gasteiger partial charge in [-0.3, -0.25) is 9.59 Å². The van der Waals surface area contributed by atoms with Crippen molar-refractivity contribution in [2.45, 2.75) is 24.2 Å². The minimum atomic E-state index is -3.60. The van der Waals surface area contributed by atoms with E-state index in [0.29, 0.717) is 18.8 Å². The number of anilines is 1. The van der Waals surface area contributed by atoms with Crippen molar-refractivity contribution in [2.75, 3.05) is 18.4 Å². The molecule has 0 radical (unpaired) electrons. The number of aromatic nitrogens is 1. The van der Waals surface area contributed by atoms with Crippen LogP contribution in [-0.2, 0) is 17.1 Å². The Kier molecular flexibility index (Phi) is 5.28. The zero-order chi connectivity index (χ0) is 20.6. The molecule has 1 aliphatic rings. The van der Waals surface area contributed by atoms with Crippen LogP contribution in [0.15, 0.2) is 52.2 Å². The molecule has 1 aromatic heterocycles. The first-order valence-corrected chi connectivity index (χ1v) is 11.6. The lowest BCUT2D eigenvalue weighted by atomic mass is 10.2. The Balaban J connectivity index is 1.58. The van der Waals surface area contributed by atoms with Crippen molar-refractivity contribution in [3.05, 3.63) is 57.7 Å². The summed E-state index contributed by atoms with van der Waals surface area (Å²) < 4.78 is 29.5. The average molecular weight is 432 g/mol. The zero-order valence-corrected chi connectivity index (χ0v) is 17.6. The van der Waals surface area contributed by atoms with Gasteiger partial charge in [0, 0.05) is 31.4 Å². The van der Waals surface area contributed by atoms with Crippen LogP contribution in [0.25, 0.3) is 10.2 Å². The van der Waals surface area contributed by atoms with Gasteiger partial charge >= 0.3 is 4.87 Å². The Morgan fingerprint density at radius 2 is 1.83 bits per heavy atom. The van der Waals surface area contributed by atoms with Crippen LogP contribution in [0.3, 0.4) is 0 Å². The van der Waals surface area contributed by atoms with Gasteiger partial charge in [0.05, 0.1) is 15.1 Å². The molecule has 29 heavy (non-hydrogen) atoms. The first kappa shape index (κ1) is 19.8. The van der Waals surface area contributed by atoms with Crippen molar-refractivity contribution in [1.29, 1.82) is 0 Å². The number of hydrogen-bond donors (Lipinski definition) is 1. The zero-order valence-electron chi connectivity index (χ0n) is 15.9. The first-order valence-electron chi connectivity index (χ1n) is 9.37. The van der Waals surface area contributed by atoms with Gasteiger partial charge in [0.15, 0.2) is 0 Å². The number of rotatable bonds is 4. The van der Waals surface area contributed by atoms with E-state index in [9.17, 15) is 18.0 Å². The molecule has 1 fully saturated rings. The number of amides is 1. The number of nitrogens with zero attached hydrogens (tertiary/aromatic N) is 2. The number of fused-ring (bicyclic) bond motifs is 1. The average Bonchev–Trinajstić information content (AvgIpc) is 3.02. The van der Waals surface area contributed by atoms with Crippen molar-refractivity contribution in [1.82, 2.24) is 8.87 Å². The fraction of sp³-hybridized carbons (Fsp3) is 0.300. The Morgan fingerprint density at radius 1 is 1.07 bits per heavy atom. The largest absolute Gasteiger partial charge is 0.322 e. The van der Waals surface area contributed by atoms with Crippen molar-refractivity contribution >= 4 is 43.2 Å². The molecule has 0 atom stereocenters. The van der Waals surface area contributed by atoms with Crippen molar-refractivity contribution in [3.8, 4) is 0 Å². The first-order chi connectivity index (χ1) is 13.9. The lowest BCUT2D eigenvalue weighted by molar-refractivity contribution is 0.102. The van der Waals surface area contributed by atoms with E-state index >= 15 is 0 Å². The smallest absolute Gasteiger partial charge is 0.307 e. The molecular weight excluding hydrogens is 410 g/mol. The third-order valence-electron chi connectivity index (χ3n) is 5.10. The van der Waals surface area contributed by atoms with E-state index in [0.717, 1.165) is 40.8 Å². The topological polar surface area (TPSA) is 88.5 Å². The summed E-state index contributed by atoms with van der Waals surface area (Å²) in [6.07, 6.45) is 2.75. The lowest BCUT2D eigenvalue weighted by Gasteiger charge is -2.26. The molecule has 2 heterocycles. The van der Waals surface area contributed by atoms with Crippen molar-refractivity contribution in [2.24, 2.45) is 7.05 Å². The summed E-state index contributed by atoms with van der Waals surface area (Å²) in [4.78, 5) is 24.5. The number of aryl methyl sites for hydroxylation is 1. The molecule has 2 aromatic carbocycles. The van der Waals surface area contributed by atoms with E-state index in [1.807, 2.05) is 0 Å². The van der Waals surface area contributed by atoms with Crippen LogP contribution in [0.5, 0.6) is 0 Å². The standard InChI is InChI=1S/C20H21N3O4S2/c1-22-17-9-8-15(13-18(17)28-20(22)25)21-19(24)14-6-5-7-16(12-14)29(26,27)23-10-3-2-4-11-23/h5-9,12-13H,2-4,10-11H2,1H3,(H,21,24). The highest BCUT2D eigenvalue weighted by Crippen LogP contribution is 2.23. The van der Waals surface area contributed by atoms with E-state index < -0.39 is 15.9 Å². The Morgan fingerprint density at radius 3 is 2.59 bits per heavy atom. The Hall–Kier alpha value is -2.49. The van der Waals surface area contributed by atoms with Gasteiger partial charge in [0.1, 0.15) is 0 Å². The molecule has 9 heteroatoms. The molecule has 1 saturated heterocycles. The van der Waals surface area contributed by atoms with Crippen LogP contribution < -0.4 is 10.2 Å². The maximum atomic E-state index is 12.9. The van der Waals surface area contributed by atoms with E-state index in [-0.39, 0.29) is 15.3 Å². The molecule has 0 saturated carbocycles.